The number of benzene rings is 1. The lowest BCUT2D eigenvalue weighted by atomic mass is 10.1. The summed E-state index contributed by atoms with van der Waals surface area (Å²) in [6, 6.07) is 9.91. The summed E-state index contributed by atoms with van der Waals surface area (Å²) in [5.41, 5.74) is 1.32. The number of aryl methyl sites for hydroxylation is 1. The summed E-state index contributed by atoms with van der Waals surface area (Å²) in [6.07, 6.45) is 0.752. The first kappa shape index (κ1) is 13.3. The largest absolute Gasteiger partial charge is 0.476 e. The Morgan fingerprint density at radius 3 is 2.56 bits per heavy atom. The van der Waals surface area contributed by atoms with Crippen molar-refractivity contribution in [2.75, 3.05) is 0 Å². The molecule has 1 aromatic heterocycles. The van der Waals surface area contributed by atoms with Gasteiger partial charge in [0, 0.05) is 6.54 Å². The highest BCUT2D eigenvalue weighted by molar-refractivity contribution is 9.11. The van der Waals surface area contributed by atoms with Crippen molar-refractivity contribution in [2.45, 2.75) is 13.0 Å². The fourth-order valence-electron chi connectivity index (χ4n) is 1.69. The molecule has 0 aliphatic heterocycles. The first-order valence-electron chi connectivity index (χ1n) is 5.28. The number of carbonyl (C=O) groups is 1. The van der Waals surface area contributed by atoms with Crippen molar-refractivity contribution in [1.82, 2.24) is 9.55 Å². The van der Waals surface area contributed by atoms with Gasteiger partial charge < -0.3 is 9.67 Å². The van der Waals surface area contributed by atoms with E-state index in [1.54, 1.807) is 4.57 Å². The number of carboxylic acids is 1. The van der Waals surface area contributed by atoms with Crippen LogP contribution in [0.2, 0.25) is 0 Å². The zero-order chi connectivity index (χ0) is 13.1. The number of imidazole rings is 1. The average Bonchev–Trinajstić information content (AvgIpc) is 2.62. The summed E-state index contributed by atoms with van der Waals surface area (Å²) in [6.45, 7) is 0.560. The second kappa shape index (κ2) is 5.67. The molecule has 4 nitrogen and oxygen atoms in total. The highest BCUT2D eigenvalue weighted by atomic mass is 79.9. The zero-order valence-electron chi connectivity index (χ0n) is 9.31. The maximum absolute atomic E-state index is 11.2. The molecule has 6 heteroatoms. The molecule has 0 aliphatic carbocycles. The summed E-state index contributed by atoms with van der Waals surface area (Å²) >= 11 is 6.42. The normalized spacial score (nSPS) is 10.6. The second-order valence-corrected chi connectivity index (χ2v) is 5.17. The van der Waals surface area contributed by atoms with Gasteiger partial charge >= 0.3 is 5.97 Å². The minimum absolute atomic E-state index is 0.165. The van der Waals surface area contributed by atoms with E-state index in [4.69, 9.17) is 5.11 Å². The first-order valence-corrected chi connectivity index (χ1v) is 6.87. The van der Waals surface area contributed by atoms with Crippen LogP contribution in [-0.2, 0) is 13.0 Å². The Kier molecular flexibility index (Phi) is 4.19. The summed E-state index contributed by atoms with van der Waals surface area (Å²) in [5.74, 6) is -0.992. The number of carboxylic acid groups (broad SMARTS) is 1. The molecule has 18 heavy (non-hydrogen) atoms. The molecule has 0 unspecified atom stereocenters. The molecule has 2 aromatic rings. The Balaban J connectivity index is 2.22. The second-order valence-electron chi connectivity index (χ2n) is 3.71. The fourth-order valence-corrected chi connectivity index (χ4v) is 3.01. The lowest BCUT2D eigenvalue weighted by Crippen LogP contribution is -2.11. The van der Waals surface area contributed by atoms with Crippen LogP contribution in [-0.4, -0.2) is 20.6 Å². The van der Waals surface area contributed by atoms with Crippen molar-refractivity contribution in [3.63, 3.8) is 0 Å². The Morgan fingerprint density at radius 2 is 1.94 bits per heavy atom. The molecule has 1 aromatic carbocycles. The van der Waals surface area contributed by atoms with Crippen LogP contribution in [0.15, 0.2) is 39.7 Å². The molecule has 0 amide bonds. The van der Waals surface area contributed by atoms with E-state index in [0.717, 1.165) is 12.0 Å². The van der Waals surface area contributed by atoms with Crippen LogP contribution < -0.4 is 0 Å². The summed E-state index contributed by atoms with van der Waals surface area (Å²) in [4.78, 5) is 15.2. The van der Waals surface area contributed by atoms with Gasteiger partial charge in [-0.05, 0) is 43.8 Å². The van der Waals surface area contributed by atoms with Gasteiger partial charge in [-0.25, -0.2) is 9.78 Å². The smallest absolute Gasteiger partial charge is 0.355 e. The third-order valence-electron chi connectivity index (χ3n) is 2.55. The molecule has 0 aliphatic rings. The summed E-state index contributed by atoms with van der Waals surface area (Å²) in [5, 5.41) is 9.15. The number of hydrogen-bond donors (Lipinski definition) is 1. The molecule has 0 bridgehead atoms. The fraction of sp³-hybridized carbons (Fsp3) is 0.167. The maximum Gasteiger partial charge on any atom is 0.355 e. The van der Waals surface area contributed by atoms with E-state index in [0.29, 0.717) is 15.9 Å². The number of aromatic nitrogens is 2. The number of rotatable bonds is 4. The number of halogens is 2. The molecular formula is C12H10Br2N2O2. The third-order valence-corrected chi connectivity index (χ3v) is 3.71. The van der Waals surface area contributed by atoms with Crippen LogP contribution in [0.3, 0.4) is 0 Å². The number of aromatic carboxylic acids is 1. The van der Waals surface area contributed by atoms with E-state index in [9.17, 15) is 4.79 Å². The van der Waals surface area contributed by atoms with Crippen molar-refractivity contribution in [2.24, 2.45) is 0 Å². The highest BCUT2D eigenvalue weighted by Gasteiger charge is 2.19. The molecular weight excluding hydrogens is 364 g/mol. The van der Waals surface area contributed by atoms with Crippen LogP contribution in [0.25, 0.3) is 0 Å². The molecule has 1 N–H and O–H groups in total. The topological polar surface area (TPSA) is 55.1 Å². The van der Waals surface area contributed by atoms with Crippen LogP contribution >= 0.6 is 31.9 Å². The number of nitrogens with zero attached hydrogens (tertiary/aromatic N) is 2. The predicted molar refractivity (Wildman–Crippen MR) is 74.7 cm³/mol. The third kappa shape index (κ3) is 2.81. The van der Waals surface area contributed by atoms with Crippen molar-refractivity contribution in [3.05, 3.63) is 50.9 Å². The Morgan fingerprint density at radius 1 is 1.28 bits per heavy atom. The van der Waals surface area contributed by atoms with Gasteiger partial charge in [0.1, 0.15) is 4.60 Å². The SMILES string of the molecule is O=C(O)c1c(Br)nc(Br)n1CCc1ccccc1. The van der Waals surface area contributed by atoms with Crippen molar-refractivity contribution >= 4 is 37.8 Å². The van der Waals surface area contributed by atoms with Gasteiger partial charge in [-0.3, -0.25) is 0 Å². The van der Waals surface area contributed by atoms with Gasteiger partial charge in [-0.1, -0.05) is 30.3 Å². The highest BCUT2D eigenvalue weighted by Crippen LogP contribution is 2.22. The van der Waals surface area contributed by atoms with Gasteiger partial charge in [-0.2, -0.15) is 0 Å². The van der Waals surface area contributed by atoms with E-state index in [2.05, 4.69) is 36.8 Å². The lowest BCUT2D eigenvalue weighted by molar-refractivity contribution is 0.0683. The van der Waals surface area contributed by atoms with E-state index < -0.39 is 5.97 Å². The molecule has 1 heterocycles. The first-order chi connectivity index (χ1) is 8.59. The van der Waals surface area contributed by atoms with Gasteiger partial charge in [0.25, 0.3) is 0 Å². The van der Waals surface area contributed by atoms with Crippen molar-refractivity contribution in [1.29, 1.82) is 0 Å². The molecule has 0 atom stereocenters. The molecule has 0 fully saturated rings. The Labute approximate surface area is 121 Å². The molecule has 2 rings (SSSR count). The molecule has 0 saturated carbocycles. The standard InChI is InChI=1S/C12H10Br2N2O2/c13-10-9(11(17)18)16(12(14)15-10)7-6-8-4-2-1-3-5-8/h1-5H,6-7H2,(H,17,18). The van der Waals surface area contributed by atoms with E-state index >= 15 is 0 Å². The average molecular weight is 374 g/mol. The van der Waals surface area contributed by atoms with E-state index in [-0.39, 0.29) is 5.69 Å². The predicted octanol–water partition coefficient (Wildman–Crippen LogP) is 3.35. The zero-order valence-corrected chi connectivity index (χ0v) is 12.5. The quantitative estimate of drug-likeness (QED) is 0.893. The lowest BCUT2D eigenvalue weighted by Gasteiger charge is -2.07. The Bertz CT molecular complexity index is 567. The maximum atomic E-state index is 11.2. The minimum Gasteiger partial charge on any atom is -0.476 e. The van der Waals surface area contributed by atoms with Crippen LogP contribution in [0, 0.1) is 0 Å². The van der Waals surface area contributed by atoms with Crippen LogP contribution in [0.1, 0.15) is 16.1 Å². The van der Waals surface area contributed by atoms with Gasteiger partial charge in [0.05, 0.1) is 0 Å². The van der Waals surface area contributed by atoms with E-state index in [1.165, 1.54) is 0 Å². The van der Waals surface area contributed by atoms with Gasteiger partial charge in [-0.15, -0.1) is 0 Å². The van der Waals surface area contributed by atoms with Crippen molar-refractivity contribution in [3.8, 4) is 0 Å². The van der Waals surface area contributed by atoms with Gasteiger partial charge in [0.2, 0.25) is 0 Å². The summed E-state index contributed by atoms with van der Waals surface area (Å²) in [7, 11) is 0. The molecule has 0 radical (unpaired) electrons. The molecule has 94 valence electrons. The van der Waals surface area contributed by atoms with Gasteiger partial charge in [0.15, 0.2) is 10.4 Å². The summed E-state index contributed by atoms with van der Waals surface area (Å²) < 4.78 is 2.50. The van der Waals surface area contributed by atoms with E-state index in [1.807, 2.05) is 30.3 Å². The Hall–Kier alpha value is -1.14. The monoisotopic (exact) mass is 372 g/mol. The van der Waals surface area contributed by atoms with Crippen LogP contribution in [0.4, 0.5) is 0 Å². The number of hydrogen-bond acceptors (Lipinski definition) is 2. The minimum atomic E-state index is -0.992. The van der Waals surface area contributed by atoms with Crippen LogP contribution in [0.5, 0.6) is 0 Å². The molecule has 0 saturated heterocycles. The van der Waals surface area contributed by atoms with Crippen molar-refractivity contribution < 1.29 is 9.90 Å². The molecule has 0 spiro atoms.